The highest BCUT2D eigenvalue weighted by Gasteiger charge is 2.63. The van der Waals surface area contributed by atoms with Crippen LogP contribution >= 0.6 is 0 Å². The molecule has 1 aromatic rings. The number of Topliss-reactive ketones (excluding diaryl/α,β-unsaturated/α-hetero) is 2. The van der Waals surface area contributed by atoms with Crippen LogP contribution in [-0.4, -0.2) is 81.6 Å². The van der Waals surface area contributed by atoms with Gasteiger partial charge in [0.15, 0.2) is 11.4 Å². The summed E-state index contributed by atoms with van der Waals surface area (Å²) < 4.78 is 16.3. The summed E-state index contributed by atoms with van der Waals surface area (Å²) in [6.45, 7) is 1.27. The number of likely N-dealkylation sites (N-methyl/N-ethyl adjacent to an activating group) is 1. The molecule has 3 aliphatic carbocycles. The Morgan fingerprint density at radius 1 is 1.26 bits per heavy atom. The van der Waals surface area contributed by atoms with E-state index >= 15 is 4.39 Å². The largest absolute Gasteiger partial charge is 0.508 e. The Labute approximate surface area is 216 Å². The highest BCUT2D eigenvalue weighted by Crippen LogP contribution is 2.56. The van der Waals surface area contributed by atoms with Crippen molar-refractivity contribution in [2.45, 2.75) is 36.9 Å². The number of carbonyl (C=O) groups is 3. The molecule has 0 spiro atoms. The second kappa shape index (κ2) is 8.01. The van der Waals surface area contributed by atoms with Crippen LogP contribution in [0.25, 0.3) is 5.76 Å². The van der Waals surface area contributed by atoms with E-state index in [-0.39, 0.29) is 47.2 Å². The maximum atomic E-state index is 16.3. The van der Waals surface area contributed by atoms with Gasteiger partial charge in [-0.3, -0.25) is 19.3 Å². The summed E-state index contributed by atoms with van der Waals surface area (Å²) in [6, 6.07) is -1.50. The number of hydrogen-bond donors (Lipinski definition) is 7. The molecule has 0 bridgehead atoms. The molecule has 0 aromatic heterocycles. The lowest BCUT2D eigenvalue weighted by atomic mass is 9.57. The van der Waals surface area contributed by atoms with Crippen molar-refractivity contribution in [1.82, 2.24) is 10.2 Å². The lowest BCUT2D eigenvalue weighted by molar-refractivity contribution is -0.150. The number of benzene rings is 1. The number of likely N-dealkylation sites (tertiary alicyclic amines) is 1. The van der Waals surface area contributed by atoms with E-state index < -0.39 is 69.6 Å². The Morgan fingerprint density at radius 3 is 2.63 bits per heavy atom. The number of rotatable bonds is 2. The van der Waals surface area contributed by atoms with Crippen LogP contribution in [0.1, 0.15) is 35.6 Å². The number of amides is 1. The Kier molecular flexibility index (Phi) is 5.24. The molecule has 11 nitrogen and oxygen atoms in total. The molecule has 6 rings (SSSR count). The lowest BCUT2D eigenvalue weighted by Gasteiger charge is -2.49. The molecule has 2 unspecified atom stereocenters. The Balaban J connectivity index is 1.56. The SMILES string of the molecule is CN[C@@H]1C(=O)C(C(N)=O)=C(O)[C@@]2(O)C(=O)C3=C(O)c4c(O)c5c(c(F)c4C[C@H]3C[C@@H]12)C1C(CCN1C)CN5. The average molecular weight is 529 g/mol. The molecular formula is C26H29FN4O7. The predicted octanol–water partition coefficient (Wildman–Crippen LogP) is 0.179. The van der Waals surface area contributed by atoms with Gasteiger partial charge in [0, 0.05) is 35.2 Å². The molecule has 1 aromatic carbocycles. The number of aliphatic hydroxyl groups is 3. The normalized spacial score (nSPS) is 34.3. The van der Waals surface area contributed by atoms with Crippen LogP contribution in [0.3, 0.4) is 0 Å². The van der Waals surface area contributed by atoms with Crippen LogP contribution in [0.4, 0.5) is 10.1 Å². The number of hydrogen-bond acceptors (Lipinski definition) is 10. The fourth-order valence-electron chi connectivity index (χ4n) is 7.51. The van der Waals surface area contributed by atoms with Crippen molar-refractivity contribution in [1.29, 1.82) is 0 Å². The zero-order chi connectivity index (χ0) is 27.4. The summed E-state index contributed by atoms with van der Waals surface area (Å²) in [5.41, 5.74) is 1.63. The molecule has 202 valence electrons. The van der Waals surface area contributed by atoms with Gasteiger partial charge in [-0.1, -0.05) is 0 Å². The van der Waals surface area contributed by atoms with Crippen LogP contribution in [0.15, 0.2) is 16.9 Å². The highest BCUT2D eigenvalue weighted by molar-refractivity contribution is 6.24. The van der Waals surface area contributed by atoms with Gasteiger partial charge in [-0.15, -0.1) is 0 Å². The highest BCUT2D eigenvalue weighted by atomic mass is 19.1. The number of fused-ring (bicyclic) bond motifs is 6. The summed E-state index contributed by atoms with van der Waals surface area (Å²) in [5.74, 6) is -8.06. The molecule has 5 aliphatic rings. The summed E-state index contributed by atoms with van der Waals surface area (Å²) in [4.78, 5) is 40.8. The third-order valence-corrected chi connectivity index (χ3v) is 9.26. The maximum Gasteiger partial charge on any atom is 0.255 e. The van der Waals surface area contributed by atoms with Crippen molar-refractivity contribution in [3.63, 3.8) is 0 Å². The van der Waals surface area contributed by atoms with E-state index in [2.05, 4.69) is 10.6 Å². The third kappa shape index (κ3) is 2.85. The second-order valence-corrected chi connectivity index (χ2v) is 11.0. The number of aromatic hydroxyl groups is 1. The molecule has 1 saturated heterocycles. The molecule has 6 atom stereocenters. The number of halogens is 1. The van der Waals surface area contributed by atoms with Gasteiger partial charge < -0.3 is 36.8 Å². The Hall–Kier alpha value is -3.48. The summed E-state index contributed by atoms with van der Waals surface area (Å²) in [7, 11) is 3.29. The van der Waals surface area contributed by atoms with Crippen molar-refractivity contribution in [3.8, 4) is 5.75 Å². The number of nitrogens with zero attached hydrogens (tertiary/aromatic N) is 1. The quantitative estimate of drug-likeness (QED) is 0.206. The number of carbonyl (C=O) groups excluding carboxylic acids is 3. The van der Waals surface area contributed by atoms with E-state index in [0.29, 0.717) is 12.1 Å². The fraction of sp³-hybridized carbons (Fsp3) is 0.500. The average Bonchev–Trinajstić information content (AvgIpc) is 3.25. The summed E-state index contributed by atoms with van der Waals surface area (Å²) in [5, 5.41) is 50.7. The molecule has 12 heteroatoms. The lowest BCUT2D eigenvalue weighted by Crippen LogP contribution is -2.65. The monoisotopic (exact) mass is 528 g/mol. The van der Waals surface area contributed by atoms with Gasteiger partial charge in [-0.25, -0.2) is 4.39 Å². The number of anilines is 1. The van der Waals surface area contributed by atoms with Crippen LogP contribution < -0.4 is 16.4 Å². The minimum atomic E-state index is -2.73. The van der Waals surface area contributed by atoms with Crippen molar-refractivity contribution in [2.75, 3.05) is 32.5 Å². The molecule has 2 fully saturated rings. The van der Waals surface area contributed by atoms with Crippen LogP contribution in [-0.2, 0) is 20.8 Å². The maximum absolute atomic E-state index is 16.3. The molecule has 8 N–H and O–H groups in total. The number of ketones is 2. The number of primary amides is 1. The first-order valence-electron chi connectivity index (χ1n) is 12.6. The van der Waals surface area contributed by atoms with Gasteiger partial charge in [-0.2, -0.15) is 0 Å². The third-order valence-electron chi connectivity index (χ3n) is 9.26. The molecule has 2 aliphatic heterocycles. The Morgan fingerprint density at radius 2 is 1.97 bits per heavy atom. The van der Waals surface area contributed by atoms with Gasteiger partial charge in [0.05, 0.1) is 17.3 Å². The molecule has 1 amide bonds. The van der Waals surface area contributed by atoms with Crippen LogP contribution in [0, 0.1) is 23.6 Å². The molecule has 2 heterocycles. The van der Waals surface area contributed by atoms with E-state index in [4.69, 9.17) is 5.73 Å². The van der Waals surface area contributed by atoms with Gasteiger partial charge in [0.25, 0.3) is 5.91 Å². The number of nitrogens with two attached hydrogens (primary N) is 1. The topological polar surface area (TPSA) is 185 Å². The molecular weight excluding hydrogens is 499 g/mol. The van der Waals surface area contributed by atoms with Crippen molar-refractivity contribution < 1.29 is 39.2 Å². The smallest absolute Gasteiger partial charge is 0.255 e. The van der Waals surface area contributed by atoms with E-state index in [1.807, 2.05) is 11.9 Å². The molecule has 0 radical (unpaired) electrons. The van der Waals surface area contributed by atoms with E-state index in [1.165, 1.54) is 7.05 Å². The predicted molar refractivity (Wildman–Crippen MR) is 132 cm³/mol. The van der Waals surface area contributed by atoms with Gasteiger partial charge >= 0.3 is 0 Å². The van der Waals surface area contributed by atoms with Gasteiger partial charge in [0.1, 0.15) is 28.7 Å². The number of aliphatic hydroxyl groups excluding tert-OH is 2. The second-order valence-electron chi connectivity index (χ2n) is 11.0. The number of nitrogens with one attached hydrogen (secondary N) is 2. The minimum Gasteiger partial charge on any atom is -0.508 e. The van der Waals surface area contributed by atoms with E-state index in [0.717, 1.165) is 13.0 Å². The van der Waals surface area contributed by atoms with E-state index in [9.17, 15) is 34.8 Å². The molecule has 1 saturated carbocycles. The van der Waals surface area contributed by atoms with Crippen molar-refractivity contribution in [2.24, 2.45) is 23.5 Å². The van der Waals surface area contributed by atoms with Crippen molar-refractivity contribution >= 4 is 28.9 Å². The van der Waals surface area contributed by atoms with E-state index in [1.54, 1.807) is 0 Å². The standard InChI is InChI=1S/C26H29FN4O7/c1-29-17-11-6-9-5-10-13(21(33)18-14(16(10)27)19-8(7-30-18)3-4-31(19)2)20(32)12(9)23(35)26(11,38)24(36)15(22(17)34)25(28)37/h8-9,11,17,19,29-30,32-33,36,38H,3-7H2,1-2H3,(H2,28,37)/t8?,9-,11-,17-,19?,26-/m0/s1. The first kappa shape index (κ1) is 24.8. The Bertz CT molecular complexity index is 1400. The number of phenols is 1. The fourth-order valence-corrected chi connectivity index (χ4v) is 7.51. The molecule has 38 heavy (non-hydrogen) atoms. The zero-order valence-electron chi connectivity index (χ0n) is 20.8. The minimum absolute atomic E-state index is 0.0502. The first-order valence-corrected chi connectivity index (χ1v) is 12.6. The summed E-state index contributed by atoms with van der Waals surface area (Å²) >= 11 is 0. The van der Waals surface area contributed by atoms with Gasteiger partial charge in [0.2, 0.25) is 5.78 Å². The van der Waals surface area contributed by atoms with Crippen LogP contribution in [0.5, 0.6) is 5.75 Å². The number of phenolic OH excluding ortho intramolecular Hbond substituents is 1. The van der Waals surface area contributed by atoms with Crippen molar-refractivity contribution in [3.05, 3.63) is 39.4 Å². The zero-order valence-corrected chi connectivity index (χ0v) is 20.8. The van der Waals surface area contributed by atoms with Gasteiger partial charge in [-0.05, 0) is 51.7 Å². The first-order chi connectivity index (χ1) is 17.9. The van der Waals surface area contributed by atoms with Crippen LogP contribution in [0.2, 0.25) is 0 Å². The summed E-state index contributed by atoms with van der Waals surface area (Å²) in [6.07, 6.45) is 0.676.